The Hall–Kier alpha value is -2.22. The van der Waals surface area contributed by atoms with E-state index >= 15 is 0 Å². The summed E-state index contributed by atoms with van der Waals surface area (Å²) in [5.74, 6) is 2.08. The number of thiophene rings is 1. The van der Waals surface area contributed by atoms with E-state index in [2.05, 4.69) is 11.9 Å². The first-order valence-corrected chi connectivity index (χ1v) is 11.2. The number of aliphatic hydroxyl groups excluding tert-OH is 1. The van der Waals surface area contributed by atoms with Gasteiger partial charge in [0.05, 0.1) is 38.4 Å². The summed E-state index contributed by atoms with van der Waals surface area (Å²) >= 11 is 1.65. The van der Waals surface area contributed by atoms with Crippen molar-refractivity contribution in [3.8, 4) is 5.75 Å². The summed E-state index contributed by atoms with van der Waals surface area (Å²) in [5, 5.41) is 11.2. The molecule has 6 nitrogen and oxygen atoms in total. The number of hydrogen-bond acceptors (Lipinski definition) is 6. The lowest BCUT2D eigenvalue weighted by molar-refractivity contribution is 0.0195. The van der Waals surface area contributed by atoms with E-state index in [-0.39, 0.29) is 18.7 Å². The number of rotatable bonds is 7. The molecule has 4 rings (SSSR count). The normalized spacial score (nSPS) is 17.1. The maximum absolute atomic E-state index is 13.2. The monoisotopic (exact) mass is 428 g/mol. The zero-order chi connectivity index (χ0) is 21.3. The highest BCUT2D eigenvalue weighted by Crippen LogP contribution is 2.35. The molecule has 30 heavy (non-hydrogen) atoms. The van der Waals surface area contributed by atoms with Gasteiger partial charge in [-0.3, -0.25) is 9.36 Å². The Bertz CT molecular complexity index is 1090. The number of benzene rings is 1. The number of ether oxygens (including phenoxy) is 2. The van der Waals surface area contributed by atoms with Crippen molar-refractivity contribution in [2.45, 2.75) is 52.4 Å². The highest BCUT2D eigenvalue weighted by atomic mass is 32.1. The largest absolute Gasteiger partial charge is 0.497 e. The fraction of sp³-hybridized carbons (Fsp3) is 0.478. The average Bonchev–Trinajstić information content (AvgIpc) is 3.08. The number of aliphatic hydroxyl groups is 1. The van der Waals surface area contributed by atoms with Crippen LogP contribution >= 0.6 is 11.3 Å². The van der Waals surface area contributed by atoms with Crippen molar-refractivity contribution in [2.75, 3.05) is 13.7 Å². The van der Waals surface area contributed by atoms with Crippen LogP contribution in [0.4, 0.5) is 0 Å². The van der Waals surface area contributed by atoms with E-state index in [0.29, 0.717) is 18.3 Å². The summed E-state index contributed by atoms with van der Waals surface area (Å²) in [4.78, 5) is 20.0. The number of fused-ring (bicyclic) bond motifs is 3. The number of aromatic nitrogens is 2. The van der Waals surface area contributed by atoms with Gasteiger partial charge in [-0.15, -0.1) is 11.3 Å². The maximum atomic E-state index is 13.2. The van der Waals surface area contributed by atoms with Crippen molar-refractivity contribution in [3.63, 3.8) is 0 Å². The molecular formula is C23H28N2O4S. The predicted octanol–water partition coefficient (Wildman–Crippen LogP) is 3.48. The van der Waals surface area contributed by atoms with Crippen LogP contribution in [0.5, 0.6) is 5.75 Å². The van der Waals surface area contributed by atoms with Crippen molar-refractivity contribution in [3.05, 3.63) is 56.4 Å². The second-order valence-corrected chi connectivity index (χ2v) is 9.21. The van der Waals surface area contributed by atoms with Crippen molar-refractivity contribution in [1.29, 1.82) is 0 Å². The molecular weight excluding hydrogens is 400 g/mol. The lowest BCUT2D eigenvalue weighted by Gasteiger charge is -2.18. The van der Waals surface area contributed by atoms with Gasteiger partial charge in [0.2, 0.25) is 0 Å². The lowest BCUT2D eigenvalue weighted by atomic mass is 9.89. The second kappa shape index (κ2) is 8.88. The van der Waals surface area contributed by atoms with E-state index in [0.717, 1.165) is 40.8 Å². The van der Waals surface area contributed by atoms with Gasteiger partial charge >= 0.3 is 0 Å². The average molecular weight is 429 g/mol. The fourth-order valence-corrected chi connectivity index (χ4v) is 5.46. The third kappa shape index (κ3) is 4.29. The molecule has 2 heterocycles. The molecule has 160 valence electrons. The summed E-state index contributed by atoms with van der Waals surface area (Å²) in [6, 6.07) is 7.61. The van der Waals surface area contributed by atoms with Gasteiger partial charge in [0, 0.05) is 4.88 Å². The Morgan fingerprint density at radius 1 is 1.33 bits per heavy atom. The second-order valence-electron chi connectivity index (χ2n) is 8.12. The molecule has 0 saturated carbocycles. The van der Waals surface area contributed by atoms with E-state index in [4.69, 9.17) is 9.47 Å². The topological polar surface area (TPSA) is 73.6 Å². The van der Waals surface area contributed by atoms with Crippen LogP contribution in [0.3, 0.4) is 0 Å². The van der Waals surface area contributed by atoms with E-state index in [9.17, 15) is 9.90 Å². The van der Waals surface area contributed by atoms with Crippen molar-refractivity contribution < 1.29 is 14.6 Å². The standard InChI is InChI=1S/C23H28N2O4S/c1-14-4-9-19-20(10-14)30-22-21(19)23(27)25(15(2)24-22)11-17(26)13-29-12-16-5-7-18(28-3)8-6-16/h5-8,14,17,26H,4,9-13H2,1-3H3/t14-,17-/m0/s1. The van der Waals surface area contributed by atoms with Gasteiger partial charge < -0.3 is 14.6 Å². The zero-order valence-corrected chi connectivity index (χ0v) is 18.5. The molecule has 0 aliphatic heterocycles. The third-order valence-electron chi connectivity index (χ3n) is 5.74. The Morgan fingerprint density at radius 3 is 2.83 bits per heavy atom. The van der Waals surface area contributed by atoms with E-state index in [1.165, 1.54) is 10.4 Å². The van der Waals surface area contributed by atoms with Gasteiger partial charge in [-0.2, -0.15) is 0 Å². The summed E-state index contributed by atoms with van der Waals surface area (Å²) in [6.45, 7) is 4.80. The number of hydrogen-bond donors (Lipinski definition) is 1. The molecule has 1 aromatic carbocycles. The molecule has 2 aromatic heterocycles. The molecule has 0 bridgehead atoms. The lowest BCUT2D eigenvalue weighted by Crippen LogP contribution is -2.31. The van der Waals surface area contributed by atoms with Crippen LogP contribution in [-0.2, 0) is 30.7 Å². The third-order valence-corrected chi connectivity index (χ3v) is 6.89. The molecule has 0 amide bonds. The zero-order valence-electron chi connectivity index (χ0n) is 17.7. The number of aryl methyl sites for hydroxylation is 2. The molecule has 1 aliphatic carbocycles. The van der Waals surface area contributed by atoms with Crippen LogP contribution in [0.15, 0.2) is 29.1 Å². The minimum atomic E-state index is -0.784. The van der Waals surface area contributed by atoms with Crippen molar-refractivity contribution in [2.24, 2.45) is 5.92 Å². The predicted molar refractivity (Wildman–Crippen MR) is 118 cm³/mol. The van der Waals surface area contributed by atoms with Crippen LogP contribution in [0, 0.1) is 12.8 Å². The minimum absolute atomic E-state index is 0.0428. The van der Waals surface area contributed by atoms with Crippen LogP contribution in [0.25, 0.3) is 10.2 Å². The number of nitrogens with zero attached hydrogens (tertiary/aromatic N) is 2. The molecule has 2 atom stereocenters. The molecule has 0 unspecified atom stereocenters. The Morgan fingerprint density at radius 2 is 2.10 bits per heavy atom. The summed E-state index contributed by atoms with van der Waals surface area (Å²) in [5.41, 5.74) is 2.13. The Balaban J connectivity index is 1.45. The van der Waals surface area contributed by atoms with Crippen LogP contribution in [-0.4, -0.2) is 34.5 Å². The number of methoxy groups -OCH3 is 1. The van der Waals surface area contributed by atoms with Crippen LogP contribution < -0.4 is 10.3 Å². The molecule has 0 radical (unpaired) electrons. The molecule has 0 spiro atoms. The Labute approximate surface area is 180 Å². The van der Waals surface area contributed by atoms with Crippen LogP contribution in [0.2, 0.25) is 0 Å². The Kier molecular flexibility index (Phi) is 6.22. The molecule has 3 aromatic rings. The van der Waals surface area contributed by atoms with Gasteiger partial charge in [-0.25, -0.2) is 4.98 Å². The summed E-state index contributed by atoms with van der Waals surface area (Å²) in [6.07, 6.45) is 2.28. The van der Waals surface area contributed by atoms with Gasteiger partial charge in [0.15, 0.2) is 0 Å². The van der Waals surface area contributed by atoms with Gasteiger partial charge in [-0.1, -0.05) is 19.1 Å². The molecule has 0 saturated heterocycles. The van der Waals surface area contributed by atoms with E-state index < -0.39 is 6.10 Å². The minimum Gasteiger partial charge on any atom is -0.497 e. The molecule has 1 N–H and O–H groups in total. The van der Waals surface area contributed by atoms with E-state index in [1.807, 2.05) is 31.2 Å². The first kappa shape index (κ1) is 21.0. The highest BCUT2D eigenvalue weighted by Gasteiger charge is 2.24. The first-order valence-electron chi connectivity index (χ1n) is 10.4. The van der Waals surface area contributed by atoms with Crippen molar-refractivity contribution in [1.82, 2.24) is 9.55 Å². The van der Waals surface area contributed by atoms with Crippen molar-refractivity contribution >= 4 is 21.6 Å². The van der Waals surface area contributed by atoms with E-state index in [1.54, 1.807) is 23.0 Å². The first-order chi connectivity index (χ1) is 14.5. The maximum Gasteiger partial charge on any atom is 0.262 e. The SMILES string of the molecule is COc1ccc(COC[C@@H](O)Cn2c(C)nc3sc4c(c3c2=O)CC[C@H](C)C4)cc1. The quantitative estimate of drug-likeness (QED) is 0.624. The highest BCUT2D eigenvalue weighted by molar-refractivity contribution is 7.18. The van der Waals surface area contributed by atoms with Crippen LogP contribution in [0.1, 0.15) is 35.2 Å². The fourth-order valence-electron chi connectivity index (χ4n) is 4.04. The smallest absolute Gasteiger partial charge is 0.262 e. The van der Waals surface area contributed by atoms with Gasteiger partial charge in [-0.05, 0) is 55.4 Å². The van der Waals surface area contributed by atoms with Gasteiger partial charge in [0.1, 0.15) is 16.4 Å². The molecule has 1 aliphatic rings. The summed E-state index contributed by atoms with van der Waals surface area (Å²) < 4.78 is 12.4. The van der Waals surface area contributed by atoms with Gasteiger partial charge in [0.25, 0.3) is 5.56 Å². The summed E-state index contributed by atoms with van der Waals surface area (Å²) in [7, 11) is 1.63. The molecule has 7 heteroatoms. The molecule has 0 fully saturated rings.